The van der Waals surface area contributed by atoms with E-state index < -0.39 is 0 Å². The van der Waals surface area contributed by atoms with Crippen molar-refractivity contribution < 1.29 is 14.3 Å². The lowest BCUT2D eigenvalue weighted by Crippen LogP contribution is -2.27. The number of benzene rings is 3. The number of carbonyl (C=O) groups excluding carboxylic acids is 2. The van der Waals surface area contributed by atoms with Crippen LogP contribution < -0.4 is 4.74 Å². The zero-order valence-corrected chi connectivity index (χ0v) is 20.5. The van der Waals surface area contributed by atoms with Crippen LogP contribution in [0.2, 0.25) is 10.0 Å². The minimum absolute atomic E-state index is 0.245. The smallest absolute Gasteiger partial charge is 0.293 e. The van der Waals surface area contributed by atoms with Crippen molar-refractivity contribution in [1.82, 2.24) is 4.90 Å². The van der Waals surface area contributed by atoms with E-state index in [0.717, 1.165) is 32.9 Å². The Kier molecular flexibility index (Phi) is 7.26. The SMILES string of the molecule is O=C1S/C(=C\c2ccc(OCc3ccc(Cl)cc3Cl)cc2)C(=O)N1Cc1ccc(Br)cc1. The molecule has 3 aromatic carbocycles. The second-order valence-electron chi connectivity index (χ2n) is 6.99. The van der Waals surface area contributed by atoms with Crippen molar-refractivity contribution in [2.75, 3.05) is 0 Å². The first-order valence-electron chi connectivity index (χ1n) is 9.55. The van der Waals surface area contributed by atoms with Crippen LogP contribution >= 0.6 is 50.9 Å². The van der Waals surface area contributed by atoms with Crippen molar-refractivity contribution in [1.29, 1.82) is 0 Å². The maximum absolute atomic E-state index is 12.7. The molecule has 0 aliphatic carbocycles. The summed E-state index contributed by atoms with van der Waals surface area (Å²) in [6.45, 7) is 0.555. The van der Waals surface area contributed by atoms with Gasteiger partial charge in [0.1, 0.15) is 12.4 Å². The van der Waals surface area contributed by atoms with E-state index in [-0.39, 0.29) is 17.7 Å². The van der Waals surface area contributed by atoms with Gasteiger partial charge in [-0.15, -0.1) is 0 Å². The van der Waals surface area contributed by atoms with E-state index in [1.807, 2.05) is 54.6 Å². The fourth-order valence-electron chi connectivity index (χ4n) is 3.02. The molecule has 0 aromatic heterocycles. The summed E-state index contributed by atoms with van der Waals surface area (Å²) in [6.07, 6.45) is 1.71. The van der Waals surface area contributed by atoms with E-state index >= 15 is 0 Å². The van der Waals surface area contributed by atoms with Crippen LogP contribution in [-0.2, 0) is 17.9 Å². The molecule has 0 unspecified atom stereocenters. The van der Waals surface area contributed by atoms with Gasteiger partial charge in [-0.1, -0.05) is 69.5 Å². The van der Waals surface area contributed by atoms with E-state index in [1.54, 1.807) is 18.2 Å². The fourth-order valence-corrected chi connectivity index (χ4v) is 4.59. The molecule has 0 saturated carbocycles. The number of ether oxygens (including phenoxy) is 1. The third kappa shape index (κ3) is 5.56. The Balaban J connectivity index is 1.40. The highest BCUT2D eigenvalue weighted by molar-refractivity contribution is 9.10. The first-order valence-corrected chi connectivity index (χ1v) is 11.9. The van der Waals surface area contributed by atoms with Crippen LogP contribution in [0.3, 0.4) is 0 Å². The van der Waals surface area contributed by atoms with Gasteiger partial charge in [0.2, 0.25) is 0 Å². The molecule has 0 spiro atoms. The van der Waals surface area contributed by atoms with Gasteiger partial charge in [-0.25, -0.2) is 0 Å². The molecule has 0 radical (unpaired) electrons. The number of nitrogens with zero attached hydrogens (tertiary/aromatic N) is 1. The van der Waals surface area contributed by atoms with E-state index in [0.29, 0.717) is 27.3 Å². The molecule has 32 heavy (non-hydrogen) atoms. The summed E-state index contributed by atoms with van der Waals surface area (Å²) < 4.78 is 6.73. The minimum atomic E-state index is -0.291. The zero-order valence-electron chi connectivity index (χ0n) is 16.6. The number of carbonyl (C=O) groups is 2. The largest absolute Gasteiger partial charge is 0.489 e. The summed E-state index contributed by atoms with van der Waals surface area (Å²) in [6, 6.07) is 20.1. The number of amides is 2. The second-order valence-corrected chi connectivity index (χ2v) is 9.74. The molecular formula is C24H16BrCl2NO3S. The molecule has 3 aromatic rings. The Morgan fingerprint density at radius 3 is 2.38 bits per heavy atom. The van der Waals surface area contributed by atoms with Crippen LogP contribution in [0.5, 0.6) is 5.75 Å². The number of thioether (sulfide) groups is 1. The lowest BCUT2D eigenvalue weighted by Gasteiger charge is -2.12. The molecule has 1 aliphatic heterocycles. The summed E-state index contributed by atoms with van der Waals surface area (Å²) in [7, 11) is 0. The molecule has 0 atom stereocenters. The van der Waals surface area contributed by atoms with Crippen molar-refractivity contribution in [3.05, 3.63) is 103 Å². The fraction of sp³-hybridized carbons (Fsp3) is 0.0833. The van der Waals surface area contributed by atoms with Crippen LogP contribution in [0, 0.1) is 0 Å². The molecular weight excluding hydrogens is 533 g/mol. The molecule has 8 heteroatoms. The maximum Gasteiger partial charge on any atom is 0.293 e. The quantitative estimate of drug-likeness (QED) is 0.298. The zero-order chi connectivity index (χ0) is 22.7. The molecule has 162 valence electrons. The summed E-state index contributed by atoms with van der Waals surface area (Å²) in [5.74, 6) is 0.372. The lowest BCUT2D eigenvalue weighted by atomic mass is 10.2. The van der Waals surface area contributed by atoms with E-state index in [4.69, 9.17) is 27.9 Å². The minimum Gasteiger partial charge on any atom is -0.489 e. The Morgan fingerprint density at radius 1 is 0.969 bits per heavy atom. The van der Waals surface area contributed by atoms with Gasteiger partial charge < -0.3 is 4.74 Å². The van der Waals surface area contributed by atoms with Crippen LogP contribution in [0.1, 0.15) is 16.7 Å². The van der Waals surface area contributed by atoms with Gasteiger partial charge in [0.15, 0.2) is 0 Å². The highest BCUT2D eigenvalue weighted by atomic mass is 79.9. The standard InChI is InChI=1S/C24H16BrCl2NO3S/c25-18-6-1-16(2-7-18)13-28-23(29)22(32-24(28)30)11-15-3-9-20(10-4-15)31-14-17-5-8-19(26)12-21(17)27/h1-12H,13-14H2/b22-11-. The van der Waals surface area contributed by atoms with Gasteiger partial charge in [-0.2, -0.15) is 0 Å². The molecule has 1 fully saturated rings. The molecule has 1 heterocycles. The Morgan fingerprint density at radius 2 is 1.69 bits per heavy atom. The van der Waals surface area contributed by atoms with Crippen molar-refractivity contribution in [2.45, 2.75) is 13.2 Å². The maximum atomic E-state index is 12.7. The second kappa shape index (κ2) is 10.1. The summed E-state index contributed by atoms with van der Waals surface area (Å²) in [5, 5.41) is 0.848. The van der Waals surface area contributed by atoms with E-state index in [1.165, 1.54) is 4.90 Å². The monoisotopic (exact) mass is 547 g/mol. The predicted molar refractivity (Wildman–Crippen MR) is 133 cm³/mol. The highest BCUT2D eigenvalue weighted by Crippen LogP contribution is 2.33. The molecule has 1 saturated heterocycles. The summed E-state index contributed by atoms with van der Waals surface area (Å²) >= 11 is 16.4. The van der Waals surface area contributed by atoms with Crippen molar-refractivity contribution in [2.24, 2.45) is 0 Å². The average Bonchev–Trinajstić information content (AvgIpc) is 3.03. The van der Waals surface area contributed by atoms with Gasteiger partial charge in [0.05, 0.1) is 11.4 Å². The van der Waals surface area contributed by atoms with E-state index in [2.05, 4.69) is 15.9 Å². The molecule has 2 amide bonds. The van der Waals surface area contributed by atoms with E-state index in [9.17, 15) is 9.59 Å². The van der Waals surface area contributed by atoms with Crippen LogP contribution in [0.15, 0.2) is 76.1 Å². The third-order valence-corrected chi connectivity index (χ3v) is 6.74. The van der Waals surface area contributed by atoms with Crippen LogP contribution in [0.4, 0.5) is 4.79 Å². The van der Waals surface area contributed by atoms with Gasteiger partial charge in [-0.05, 0) is 65.4 Å². The molecule has 1 aliphatic rings. The predicted octanol–water partition coefficient (Wildman–Crippen LogP) is 7.57. The molecule has 4 nitrogen and oxygen atoms in total. The molecule has 0 N–H and O–H groups in total. The highest BCUT2D eigenvalue weighted by Gasteiger charge is 2.34. The normalized spacial score (nSPS) is 15.0. The van der Waals surface area contributed by atoms with Gasteiger partial charge >= 0.3 is 0 Å². The number of hydrogen-bond acceptors (Lipinski definition) is 4. The van der Waals surface area contributed by atoms with Crippen LogP contribution in [-0.4, -0.2) is 16.0 Å². The number of halogens is 3. The average molecular weight is 549 g/mol. The summed E-state index contributed by atoms with van der Waals surface area (Å²) in [4.78, 5) is 26.7. The van der Waals surface area contributed by atoms with Crippen molar-refractivity contribution in [3.63, 3.8) is 0 Å². The van der Waals surface area contributed by atoms with Crippen molar-refractivity contribution >= 4 is 68.1 Å². The number of hydrogen-bond donors (Lipinski definition) is 0. The number of imide groups is 1. The summed E-state index contributed by atoms with van der Waals surface area (Å²) in [5.41, 5.74) is 2.52. The van der Waals surface area contributed by atoms with Gasteiger partial charge in [-0.3, -0.25) is 14.5 Å². The van der Waals surface area contributed by atoms with Crippen molar-refractivity contribution in [3.8, 4) is 5.75 Å². The molecule has 0 bridgehead atoms. The third-order valence-electron chi connectivity index (χ3n) is 4.71. The lowest BCUT2D eigenvalue weighted by molar-refractivity contribution is -0.123. The topological polar surface area (TPSA) is 46.6 Å². The van der Waals surface area contributed by atoms with Gasteiger partial charge in [0.25, 0.3) is 11.1 Å². The molecule has 4 rings (SSSR count). The first-order chi connectivity index (χ1) is 15.4. The van der Waals surface area contributed by atoms with Gasteiger partial charge in [0, 0.05) is 20.1 Å². The first kappa shape index (κ1) is 22.9. The Hall–Kier alpha value is -2.25. The number of rotatable bonds is 6. The Bertz CT molecular complexity index is 1200. The Labute approximate surface area is 208 Å². The van der Waals surface area contributed by atoms with Crippen LogP contribution in [0.25, 0.3) is 6.08 Å².